The summed E-state index contributed by atoms with van der Waals surface area (Å²) in [6.45, 7) is 0.280. The molecule has 132 valence electrons. The van der Waals surface area contributed by atoms with Gasteiger partial charge in [-0.1, -0.05) is 23.7 Å². The first-order valence-electron chi connectivity index (χ1n) is 8.07. The first-order chi connectivity index (χ1) is 12.5. The highest BCUT2D eigenvalue weighted by Crippen LogP contribution is 2.31. The molecule has 0 spiro atoms. The van der Waals surface area contributed by atoms with Gasteiger partial charge in [-0.05, 0) is 42.0 Å². The van der Waals surface area contributed by atoms with Crippen LogP contribution in [0.4, 0.5) is 14.5 Å². The van der Waals surface area contributed by atoms with Crippen molar-refractivity contribution >= 4 is 23.1 Å². The Balaban J connectivity index is 1.60. The van der Waals surface area contributed by atoms with E-state index in [1.165, 1.54) is 12.1 Å². The Labute approximate surface area is 153 Å². The average molecular weight is 374 g/mol. The van der Waals surface area contributed by atoms with Crippen LogP contribution in [0, 0.1) is 17.6 Å². The second kappa shape index (κ2) is 6.67. The fourth-order valence-electron chi connectivity index (χ4n) is 3.14. The van der Waals surface area contributed by atoms with E-state index in [-0.39, 0.29) is 18.1 Å². The van der Waals surface area contributed by atoms with Crippen LogP contribution in [0.25, 0.3) is 0 Å². The van der Waals surface area contributed by atoms with Gasteiger partial charge in [0.15, 0.2) is 5.78 Å². The van der Waals surface area contributed by atoms with Crippen molar-refractivity contribution in [2.45, 2.75) is 12.7 Å². The lowest BCUT2D eigenvalue weighted by atomic mass is 9.88. The normalized spacial score (nSPS) is 21.5. The Morgan fingerprint density at radius 2 is 2.00 bits per heavy atom. The van der Waals surface area contributed by atoms with E-state index in [4.69, 9.17) is 16.3 Å². The monoisotopic (exact) mass is 373 g/mol. The molecule has 26 heavy (non-hydrogen) atoms. The summed E-state index contributed by atoms with van der Waals surface area (Å²) in [5, 5.41) is 3.40. The number of allylic oxidation sites excluding steroid dienone is 1. The number of fused-ring (bicyclic) bond motifs is 2. The number of benzene rings is 2. The summed E-state index contributed by atoms with van der Waals surface area (Å²) >= 11 is 6.01. The van der Waals surface area contributed by atoms with Crippen LogP contribution in [0.3, 0.4) is 0 Å². The molecule has 2 aromatic carbocycles. The third kappa shape index (κ3) is 3.16. The number of halogens is 3. The Bertz CT molecular complexity index is 955. The molecule has 1 N–H and O–H groups in total. The van der Waals surface area contributed by atoms with Crippen LogP contribution in [0.2, 0.25) is 5.02 Å². The highest BCUT2D eigenvalue weighted by atomic mass is 35.5. The molecular weight excluding hydrogens is 360 g/mol. The van der Waals surface area contributed by atoms with Gasteiger partial charge in [-0.3, -0.25) is 4.79 Å². The minimum Gasteiger partial charge on any atom is -0.368 e. The lowest BCUT2D eigenvalue weighted by molar-refractivity contribution is 0.0466. The number of nitrogens with one attached hydrogen (secondary N) is 1. The molecule has 0 bridgehead atoms. The van der Waals surface area contributed by atoms with E-state index in [1.807, 2.05) is 0 Å². The maximum absolute atomic E-state index is 13.8. The van der Waals surface area contributed by atoms with Crippen LogP contribution >= 0.6 is 11.6 Å². The second-order valence-corrected chi connectivity index (χ2v) is 6.63. The number of hydrogen-bond acceptors (Lipinski definition) is 3. The lowest BCUT2D eigenvalue weighted by Crippen LogP contribution is -2.28. The number of ether oxygens (including phenoxy) is 1. The number of carbonyl (C=O) groups excluding carboxylic acids is 1. The van der Waals surface area contributed by atoms with Gasteiger partial charge in [-0.25, -0.2) is 8.78 Å². The zero-order valence-electron chi connectivity index (χ0n) is 13.5. The minimum absolute atomic E-state index is 0.0653. The van der Waals surface area contributed by atoms with Crippen molar-refractivity contribution in [1.29, 1.82) is 0 Å². The van der Waals surface area contributed by atoms with Gasteiger partial charge in [0.05, 0.1) is 24.3 Å². The summed E-state index contributed by atoms with van der Waals surface area (Å²) in [5.41, 5.74) is 2.07. The number of rotatable bonds is 2. The van der Waals surface area contributed by atoms with Crippen molar-refractivity contribution in [3.8, 4) is 0 Å². The molecule has 1 aliphatic carbocycles. The van der Waals surface area contributed by atoms with Crippen molar-refractivity contribution in [2.75, 3.05) is 5.32 Å². The largest absolute Gasteiger partial charge is 0.368 e. The third-order valence-electron chi connectivity index (χ3n) is 4.46. The zero-order valence-corrected chi connectivity index (χ0v) is 14.3. The van der Waals surface area contributed by atoms with Gasteiger partial charge < -0.3 is 10.1 Å². The average Bonchev–Trinajstić information content (AvgIpc) is 2.75. The van der Waals surface area contributed by atoms with Crippen LogP contribution in [0.1, 0.15) is 15.9 Å². The summed E-state index contributed by atoms with van der Waals surface area (Å²) in [6.07, 6.45) is 4.68. The maximum atomic E-state index is 13.8. The molecular formula is C20H14ClF2NO2. The fraction of sp³-hybridized carbons (Fsp3) is 0.150. The van der Waals surface area contributed by atoms with Crippen molar-refractivity contribution in [3.63, 3.8) is 0 Å². The quantitative estimate of drug-likeness (QED) is 0.815. The maximum Gasteiger partial charge on any atom is 0.173 e. The highest BCUT2D eigenvalue weighted by Gasteiger charge is 2.33. The molecule has 2 atom stereocenters. The number of Topliss-reactive ketones (excluding diaryl/α,β-unsaturated/α-hetero) is 1. The van der Waals surface area contributed by atoms with Crippen LogP contribution in [-0.2, 0) is 11.3 Å². The molecule has 0 aromatic heterocycles. The fourth-order valence-corrected chi connectivity index (χ4v) is 3.31. The molecule has 1 heterocycles. The number of carbonyl (C=O) groups is 1. The predicted molar refractivity (Wildman–Crippen MR) is 95.1 cm³/mol. The van der Waals surface area contributed by atoms with Crippen molar-refractivity contribution in [1.82, 2.24) is 0 Å². The highest BCUT2D eigenvalue weighted by molar-refractivity contribution is 6.31. The van der Waals surface area contributed by atoms with E-state index in [2.05, 4.69) is 5.32 Å². The van der Waals surface area contributed by atoms with Gasteiger partial charge in [0.25, 0.3) is 0 Å². The van der Waals surface area contributed by atoms with Crippen LogP contribution < -0.4 is 5.32 Å². The SMILES string of the molecule is O=C1c2cc(Cl)ccc2COC2C=C(Nc3ccc(F)cc3F)C=CC12. The van der Waals surface area contributed by atoms with Gasteiger partial charge in [-0.2, -0.15) is 0 Å². The Morgan fingerprint density at radius 1 is 1.15 bits per heavy atom. The van der Waals surface area contributed by atoms with Crippen molar-refractivity contribution in [2.24, 2.45) is 5.92 Å². The number of hydrogen-bond donors (Lipinski definition) is 1. The minimum atomic E-state index is -0.693. The first-order valence-corrected chi connectivity index (χ1v) is 8.45. The first kappa shape index (κ1) is 16.9. The Morgan fingerprint density at radius 3 is 2.81 bits per heavy atom. The van der Waals surface area contributed by atoms with Crippen LogP contribution in [0.15, 0.2) is 60.3 Å². The van der Waals surface area contributed by atoms with Gasteiger partial charge in [0.2, 0.25) is 0 Å². The molecule has 6 heteroatoms. The summed E-state index contributed by atoms with van der Waals surface area (Å²) in [6, 6.07) is 8.47. The molecule has 1 aliphatic heterocycles. The van der Waals surface area contributed by atoms with Gasteiger partial charge in [-0.15, -0.1) is 0 Å². The molecule has 0 radical (unpaired) electrons. The van der Waals surface area contributed by atoms with Gasteiger partial charge in [0, 0.05) is 22.3 Å². The van der Waals surface area contributed by atoms with Crippen molar-refractivity contribution < 1.29 is 18.3 Å². The summed E-state index contributed by atoms with van der Waals surface area (Å²) in [4.78, 5) is 12.8. The van der Waals surface area contributed by atoms with Gasteiger partial charge in [0.1, 0.15) is 11.6 Å². The zero-order chi connectivity index (χ0) is 18.3. The van der Waals surface area contributed by atoms with Gasteiger partial charge >= 0.3 is 0 Å². The molecule has 3 nitrogen and oxygen atoms in total. The van der Waals surface area contributed by atoms with E-state index >= 15 is 0 Å². The van der Waals surface area contributed by atoms with E-state index in [1.54, 1.807) is 36.4 Å². The lowest BCUT2D eigenvalue weighted by Gasteiger charge is -2.23. The summed E-state index contributed by atoms with van der Waals surface area (Å²) < 4.78 is 32.7. The standard InChI is InChI=1S/C20H14ClF2NO2/c21-12-2-1-11-10-26-19-9-14(4-5-15(19)20(25)16(11)7-12)24-18-6-3-13(22)8-17(18)23/h1-9,15,19,24H,10H2. The molecule has 0 saturated heterocycles. The second-order valence-electron chi connectivity index (χ2n) is 6.20. The summed E-state index contributed by atoms with van der Waals surface area (Å²) in [5.74, 6) is -1.88. The molecule has 0 saturated carbocycles. The third-order valence-corrected chi connectivity index (χ3v) is 4.70. The smallest absolute Gasteiger partial charge is 0.173 e. The van der Waals surface area contributed by atoms with Crippen molar-refractivity contribution in [3.05, 3.63) is 88.1 Å². The Kier molecular flexibility index (Phi) is 4.34. The van der Waals surface area contributed by atoms with Crippen LogP contribution in [-0.4, -0.2) is 11.9 Å². The molecule has 0 amide bonds. The topological polar surface area (TPSA) is 38.3 Å². The molecule has 2 unspecified atom stereocenters. The molecule has 2 aromatic rings. The molecule has 0 fully saturated rings. The van der Waals surface area contributed by atoms with E-state index in [0.717, 1.165) is 11.6 Å². The van der Waals surface area contributed by atoms with E-state index in [0.29, 0.717) is 16.3 Å². The molecule has 4 rings (SSSR count). The molecule has 2 aliphatic rings. The van der Waals surface area contributed by atoms with Crippen LogP contribution in [0.5, 0.6) is 0 Å². The number of ketones is 1. The summed E-state index contributed by atoms with van der Waals surface area (Å²) in [7, 11) is 0. The Hall–Kier alpha value is -2.50. The van der Waals surface area contributed by atoms with E-state index < -0.39 is 23.7 Å². The predicted octanol–water partition coefficient (Wildman–Crippen LogP) is 4.88. The number of anilines is 1. The van der Waals surface area contributed by atoms with E-state index in [9.17, 15) is 13.6 Å².